The van der Waals surface area contributed by atoms with Crippen molar-refractivity contribution in [3.63, 3.8) is 0 Å². The molecule has 4 nitrogen and oxygen atoms in total. The standard InChI is InChI=1S/C9H11BrN4S/c1-4(2)6-8(12-13-9(6)11)7-5(10)3-15-14-7/h3-4H,1-2H3,(H3,11,12,13). The van der Waals surface area contributed by atoms with Crippen molar-refractivity contribution in [2.75, 3.05) is 5.73 Å². The summed E-state index contributed by atoms with van der Waals surface area (Å²) in [5.74, 6) is 0.882. The minimum atomic E-state index is 0.326. The molecule has 2 aromatic heterocycles. The lowest BCUT2D eigenvalue weighted by atomic mass is 10.0. The van der Waals surface area contributed by atoms with Crippen molar-refractivity contribution in [2.24, 2.45) is 0 Å². The molecule has 0 aliphatic heterocycles. The van der Waals surface area contributed by atoms with Gasteiger partial charge in [0.25, 0.3) is 0 Å². The van der Waals surface area contributed by atoms with Crippen molar-refractivity contribution in [3.8, 4) is 11.4 Å². The molecule has 2 rings (SSSR count). The second kappa shape index (κ2) is 3.94. The number of nitrogens with zero attached hydrogens (tertiary/aromatic N) is 2. The van der Waals surface area contributed by atoms with E-state index in [1.807, 2.05) is 5.38 Å². The van der Waals surface area contributed by atoms with Gasteiger partial charge < -0.3 is 5.73 Å². The number of aromatic nitrogens is 3. The third-order valence-corrected chi connectivity index (χ3v) is 3.71. The summed E-state index contributed by atoms with van der Waals surface area (Å²) in [6.07, 6.45) is 0. The van der Waals surface area contributed by atoms with Gasteiger partial charge in [-0.15, -0.1) is 0 Å². The molecule has 15 heavy (non-hydrogen) atoms. The number of hydrogen-bond donors (Lipinski definition) is 2. The smallest absolute Gasteiger partial charge is 0.149 e. The van der Waals surface area contributed by atoms with E-state index >= 15 is 0 Å². The first kappa shape index (κ1) is 10.6. The SMILES string of the molecule is CC(C)c1c(N)n[nH]c1-c1nscc1Br. The van der Waals surface area contributed by atoms with Crippen molar-refractivity contribution in [3.05, 3.63) is 15.4 Å². The number of anilines is 1. The van der Waals surface area contributed by atoms with E-state index in [9.17, 15) is 0 Å². The Bertz CT molecular complexity index is 474. The van der Waals surface area contributed by atoms with Crippen molar-refractivity contribution < 1.29 is 0 Å². The van der Waals surface area contributed by atoms with E-state index in [1.54, 1.807) is 0 Å². The summed E-state index contributed by atoms with van der Waals surface area (Å²) < 4.78 is 5.28. The van der Waals surface area contributed by atoms with Crippen LogP contribution in [0.25, 0.3) is 11.4 Å². The predicted octanol–water partition coefficient (Wildman–Crippen LogP) is 3.00. The van der Waals surface area contributed by atoms with Gasteiger partial charge in [0, 0.05) is 10.9 Å². The fraction of sp³-hybridized carbons (Fsp3) is 0.333. The monoisotopic (exact) mass is 286 g/mol. The Balaban J connectivity index is 2.59. The Labute approximate surface area is 100 Å². The van der Waals surface area contributed by atoms with Gasteiger partial charge >= 0.3 is 0 Å². The number of hydrogen-bond acceptors (Lipinski definition) is 4. The minimum Gasteiger partial charge on any atom is -0.382 e. The van der Waals surface area contributed by atoms with Crippen molar-refractivity contribution in [2.45, 2.75) is 19.8 Å². The number of nitrogens with two attached hydrogens (primary N) is 1. The summed E-state index contributed by atoms with van der Waals surface area (Å²) in [5.41, 5.74) is 8.64. The van der Waals surface area contributed by atoms with Crippen LogP contribution < -0.4 is 5.73 Å². The average Bonchev–Trinajstić information content (AvgIpc) is 2.71. The van der Waals surface area contributed by atoms with Crippen molar-refractivity contribution in [1.82, 2.24) is 14.6 Å². The molecular weight excluding hydrogens is 276 g/mol. The van der Waals surface area contributed by atoms with Crippen molar-refractivity contribution >= 4 is 33.3 Å². The minimum absolute atomic E-state index is 0.326. The Kier molecular flexibility index (Phi) is 2.79. The number of rotatable bonds is 2. The van der Waals surface area contributed by atoms with Crippen LogP contribution in [0.4, 0.5) is 5.82 Å². The average molecular weight is 287 g/mol. The molecule has 0 unspecified atom stereocenters. The molecule has 2 heterocycles. The van der Waals surface area contributed by atoms with Gasteiger partial charge in [0.15, 0.2) is 0 Å². The number of nitrogen functional groups attached to an aromatic ring is 1. The van der Waals surface area contributed by atoms with Gasteiger partial charge in [0.2, 0.25) is 0 Å². The maximum Gasteiger partial charge on any atom is 0.149 e. The van der Waals surface area contributed by atoms with Crippen LogP contribution in [0.15, 0.2) is 9.85 Å². The van der Waals surface area contributed by atoms with Gasteiger partial charge in [-0.3, -0.25) is 5.10 Å². The summed E-state index contributed by atoms with van der Waals surface area (Å²) in [4.78, 5) is 0. The number of H-pyrrole nitrogens is 1. The topological polar surface area (TPSA) is 67.6 Å². The molecule has 0 bridgehead atoms. The fourth-order valence-electron chi connectivity index (χ4n) is 1.52. The number of halogens is 1. The van der Waals surface area contributed by atoms with Crippen LogP contribution in [0.1, 0.15) is 25.3 Å². The predicted molar refractivity (Wildman–Crippen MR) is 65.9 cm³/mol. The highest BCUT2D eigenvalue weighted by Crippen LogP contribution is 2.35. The fourth-order valence-corrected chi connectivity index (χ4v) is 2.73. The maximum absolute atomic E-state index is 5.82. The molecule has 0 saturated heterocycles. The Hall–Kier alpha value is -0.880. The molecule has 0 fully saturated rings. The molecule has 0 aliphatic rings. The number of nitrogens with one attached hydrogen (secondary N) is 1. The summed E-state index contributed by atoms with van der Waals surface area (Å²) in [7, 11) is 0. The second-order valence-corrected chi connectivity index (χ2v) is 5.05. The van der Waals surface area contributed by atoms with E-state index in [-0.39, 0.29) is 0 Å². The van der Waals surface area contributed by atoms with Crippen LogP contribution in [0.2, 0.25) is 0 Å². The van der Waals surface area contributed by atoms with Crippen LogP contribution in [-0.2, 0) is 0 Å². The zero-order valence-electron chi connectivity index (χ0n) is 8.41. The van der Waals surface area contributed by atoms with E-state index in [4.69, 9.17) is 5.73 Å². The normalized spacial score (nSPS) is 11.2. The molecule has 80 valence electrons. The first-order valence-electron chi connectivity index (χ1n) is 4.55. The second-order valence-electron chi connectivity index (χ2n) is 3.56. The van der Waals surface area contributed by atoms with Crippen LogP contribution >= 0.6 is 27.5 Å². The summed E-state index contributed by atoms with van der Waals surface area (Å²) in [6.45, 7) is 4.18. The lowest BCUT2D eigenvalue weighted by Gasteiger charge is -2.05. The third-order valence-electron chi connectivity index (χ3n) is 2.17. The highest BCUT2D eigenvalue weighted by Gasteiger charge is 2.18. The van der Waals surface area contributed by atoms with Gasteiger partial charge in [-0.05, 0) is 33.4 Å². The van der Waals surface area contributed by atoms with Gasteiger partial charge in [-0.1, -0.05) is 13.8 Å². The number of aromatic amines is 1. The van der Waals surface area contributed by atoms with Crippen LogP contribution in [0.3, 0.4) is 0 Å². The summed E-state index contributed by atoms with van der Waals surface area (Å²) in [5, 5.41) is 8.91. The van der Waals surface area contributed by atoms with Crippen LogP contribution in [-0.4, -0.2) is 14.6 Å². The summed E-state index contributed by atoms with van der Waals surface area (Å²) in [6, 6.07) is 0. The van der Waals surface area contributed by atoms with E-state index in [1.165, 1.54) is 11.5 Å². The zero-order valence-corrected chi connectivity index (χ0v) is 10.8. The first-order chi connectivity index (χ1) is 7.11. The molecule has 0 aliphatic carbocycles. The molecule has 0 saturated carbocycles. The van der Waals surface area contributed by atoms with E-state index in [0.717, 1.165) is 21.4 Å². The quantitative estimate of drug-likeness (QED) is 0.892. The van der Waals surface area contributed by atoms with E-state index < -0.39 is 0 Å². The highest BCUT2D eigenvalue weighted by molar-refractivity contribution is 9.10. The van der Waals surface area contributed by atoms with Crippen LogP contribution in [0.5, 0.6) is 0 Å². The maximum atomic E-state index is 5.82. The Morgan fingerprint density at radius 3 is 2.80 bits per heavy atom. The lowest BCUT2D eigenvalue weighted by Crippen LogP contribution is -1.95. The highest BCUT2D eigenvalue weighted by atomic mass is 79.9. The Morgan fingerprint density at radius 1 is 1.53 bits per heavy atom. The van der Waals surface area contributed by atoms with Crippen LogP contribution in [0, 0.1) is 0 Å². The summed E-state index contributed by atoms with van der Waals surface area (Å²) >= 11 is 4.86. The largest absolute Gasteiger partial charge is 0.382 e. The van der Waals surface area contributed by atoms with E-state index in [2.05, 4.69) is 44.3 Å². The Morgan fingerprint density at radius 2 is 2.27 bits per heavy atom. The first-order valence-corrected chi connectivity index (χ1v) is 6.18. The molecule has 6 heteroatoms. The molecular formula is C9H11BrN4S. The van der Waals surface area contributed by atoms with Gasteiger partial charge in [-0.25, -0.2) is 0 Å². The molecule has 0 amide bonds. The molecule has 0 aromatic carbocycles. The third kappa shape index (κ3) is 1.79. The molecule has 0 spiro atoms. The molecule has 0 atom stereocenters. The molecule has 2 aromatic rings. The molecule has 3 N–H and O–H groups in total. The zero-order chi connectivity index (χ0) is 11.0. The van der Waals surface area contributed by atoms with Gasteiger partial charge in [0.05, 0.1) is 10.2 Å². The van der Waals surface area contributed by atoms with Crippen molar-refractivity contribution in [1.29, 1.82) is 0 Å². The lowest BCUT2D eigenvalue weighted by molar-refractivity contribution is 0.872. The van der Waals surface area contributed by atoms with E-state index in [0.29, 0.717) is 11.7 Å². The van der Waals surface area contributed by atoms with Gasteiger partial charge in [-0.2, -0.15) is 9.47 Å². The van der Waals surface area contributed by atoms with Gasteiger partial charge in [0.1, 0.15) is 11.5 Å². The molecule has 0 radical (unpaired) electrons.